The molecule has 0 radical (unpaired) electrons. The molecular formula is C7H9N3O4. The van der Waals surface area contributed by atoms with E-state index in [4.69, 9.17) is 15.6 Å². The summed E-state index contributed by atoms with van der Waals surface area (Å²) in [6.07, 6.45) is -0.0433. The van der Waals surface area contributed by atoms with Crippen LogP contribution in [-0.4, -0.2) is 27.1 Å². The Morgan fingerprint density at radius 2 is 2.43 bits per heavy atom. The van der Waals surface area contributed by atoms with Crippen LogP contribution < -0.4 is 16.0 Å². The van der Waals surface area contributed by atoms with Gasteiger partial charge in [-0.05, 0) is 6.92 Å². The summed E-state index contributed by atoms with van der Waals surface area (Å²) in [7, 11) is 0. The second-order valence-electron chi connectivity index (χ2n) is 2.54. The maximum Gasteiger partial charge on any atom is 0.344 e. The van der Waals surface area contributed by atoms with Crippen molar-refractivity contribution in [3.05, 3.63) is 16.7 Å². The van der Waals surface area contributed by atoms with Crippen LogP contribution in [0.3, 0.4) is 0 Å². The summed E-state index contributed by atoms with van der Waals surface area (Å²) in [5, 5.41) is 8.53. The van der Waals surface area contributed by atoms with Gasteiger partial charge in [0.15, 0.2) is 11.9 Å². The number of nitrogens with zero attached hydrogens (tertiary/aromatic N) is 1. The number of anilines is 1. The summed E-state index contributed by atoms with van der Waals surface area (Å²) in [5.74, 6) is -1.60. The fourth-order valence-electron chi connectivity index (χ4n) is 0.742. The van der Waals surface area contributed by atoms with E-state index in [0.29, 0.717) is 0 Å². The van der Waals surface area contributed by atoms with Gasteiger partial charge in [-0.25, -0.2) is 9.78 Å². The van der Waals surface area contributed by atoms with Gasteiger partial charge in [-0.2, -0.15) is 0 Å². The molecule has 76 valence electrons. The van der Waals surface area contributed by atoms with Crippen LogP contribution in [0.4, 0.5) is 5.82 Å². The van der Waals surface area contributed by atoms with Crippen molar-refractivity contribution < 1.29 is 14.6 Å². The molecule has 7 nitrogen and oxygen atoms in total. The van der Waals surface area contributed by atoms with Gasteiger partial charge in [-0.15, -0.1) is 0 Å². The first-order chi connectivity index (χ1) is 6.52. The predicted octanol–water partition coefficient (Wildman–Crippen LogP) is -0.796. The molecule has 0 aliphatic carbocycles. The highest BCUT2D eigenvalue weighted by Gasteiger charge is 2.16. The van der Waals surface area contributed by atoms with Crippen molar-refractivity contribution in [3.8, 4) is 5.75 Å². The molecule has 7 heteroatoms. The number of ether oxygens (including phenoxy) is 1. The van der Waals surface area contributed by atoms with Crippen LogP contribution in [0.15, 0.2) is 11.1 Å². The van der Waals surface area contributed by atoms with E-state index in [2.05, 4.69) is 9.97 Å². The number of nitrogens with one attached hydrogen (secondary N) is 1. The molecule has 1 unspecified atom stereocenters. The van der Waals surface area contributed by atoms with Gasteiger partial charge in [0.1, 0.15) is 0 Å². The molecule has 1 rings (SSSR count). The molecule has 0 fully saturated rings. The quantitative estimate of drug-likeness (QED) is 0.586. The zero-order valence-electron chi connectivity index (χ0n) is 7.35. The monoisotopic (exact) mass is 199 g/mol. The molecule has 14 heavy (non-hydrogen) atoms. The molecule has 1 heterocycles. The van der Waals surface area contributed by atoms with E-state index >= 15 is 0 Å². The van der Waals surface area contributed by atoms with Crippen molar-refractivity contribution in [1.29, 1.82) is 0 Å². The van der Waals surface area contributed by atoms with Gasteiger partial charge in [-0.3, -0.25) is 4.79 Å². The largest absolute Gasteiger partial charge is 0.479 e. The number of aromatic nitrogens is 2. The number of hydrogen-bond acceptors (Lipinski definition) is 5. The number of nitrogens with two attached hydrogens (primary N) is 1. The highest BCUT2D eigenvalue weighted by molar-refractivity contribution is 5.72. The number of aromatic amines is 1. The Hall–Kier alpha value is -2.05. The van der Waals surface area contributed by atoms with Crippen molar-refractivity contribution in [3.63, 3.8) is 0 Å². The first-order valence-corrected chi connectivity index (χ1v) is 3.75. The maximum atomic E-state index is 11.1. The highest BCUT2D eigenvalue weighted by Crippen LogP contribution is 2.11. The van der Waals surface area contributed by atoms with Crippen molar-refractivity contribution >= 4 is 11.8 Å². The van der Waals surface area contributed by atoms with Crippen LogP contribution in [0, 0.1) is 0 Å². The smallest absolute Gasteiger partial charge is 0.344 e. The Kier molecular flexibility index (Phi) is 2.70. The summed E-state index contributed by atoms with van der Waals surface area (Å²) in [4.78, 5) is 27.3. The topological polar surface area (TPSA) is 118 Å². The molecule has 0 spiro atoms. The van der Waals surface area contributed by atoms with Crippen LogP contribution in [0.1, 0.15) is 6.92 Å². The Bertz CT molecular complexity index is 400. The standard InChI is InChI=1S/C7H9N3O4/c1-3(7(12)13)14-4-5(8)9-2-10-6(4)11/h2-3H,1H3,(H,12,13)(H3,8,9,10,11). The van der Waals surface area contributed by atoms with E-state index in [1.807, 2.05) is 0 Å². The number of rotatable bonds is 3. The normalized spacial score (nSPS) is 12.1. The van der Waals surface area contributed by atoms with Gasteiger partial charge < -0.3 is 20.6 Å². The van der Waals surface area contributed by atoms with E-state index in [0.717, 1.165) is 6.33 Å². The van der Waals surface area contributed by atoms with Gasteiger partial charge in [0, 0.05) is 0 Å². The summed E-state index contributed by atoms with van der Waals surface area (Å²) in [5.41, 5.74) is 4.71. The van der Waals surface area contributed by atoms with Crippen LogP contribution in [0.2, 0.25) is 0 Å². The molecule has 0 aromatic carbocycles. The van der Waals surface area contributed by atoms with Gasteiger partial charge in [0.25, 0.3) is 5.56 Å². The van der Waals surface area contributed by atoms with E-state index in [1.54, 1.807) is 0 Å². The SMILES string of the molecule is CC(Oc1c(N)nc[nH]c1=O)C(=O)O. The number of aliphatic carboxylic acids is 1. The zero-order valence-corrected chi connectivity index (χ0v) is 7.35. The van der Waals surface area contributed by atoms with Crippen molar-refractivity contribution in [2.24, 2.45) is 0 Å². The lowest BCUT2D eigenvalue weighted by Crippen LogP contribution is -2.27. The third-order valence-corrected chi connectivity index (χ3v) is 1.48. The average molecular weight is 199 g/mol. The molecule has 0 saturated heterocycles. The number of carboxylic acids is 1. The van der Waals surface area contributed by atoms with Crippen LogP contribution in [-0.2, 0) is 4.79 Å². The third-order valence-electron chi connectivity index (χ3n) is 1.48. The summed E-state index contributed by atoms with van der Waals surface area (Å²) >= 11 is 0. The molecular weight excluding hydrogens is 190 g/mol. The van der Waals surface area contributed by atoms with E-state index < -0.39 is 17.6 Å². The van der Waals surface area contributed by atoms with E-state index in [1.165, 1.54) is 6.92 Å². The lowest BCUT2D eigenvalue weighted by molar-refractivity contribution is -0.144. The molecule has 0 amide bonds. The average Bonchev–Trinajstić information content (AvgIpc) is 2.11. The van der Waals surface area contributed by atoms with Crippen molar-refractivity contribution in [2.45, 2.75) is 13.0 Å². The highest BCUT2D eigenvalue weighted by atomic mass is 16.5. The van der Waals surface area contributed by atoms with Gasteiger partial charge in [0.05, 0.1) is 6.33 Å². The molecule has 0 aliphatic rings. The molecule has 0 saturated carbocycles. The minimum atomic E-state index is -1.19. The van der Waals surface area contributed by atoms with Crippen LogP contribution in [0.5, 0.6) is 5.75 Å². The first kappa shape index (κ1) is 10.0. The second-order valence-corrected chi connectivity index (χ2v) is 2.54. The number of nitrogen functional groups attached to an aromatic ring is 1. The minimum Gasteiger partial charge on any atom is -0.479 e. The van der Waals surface area contributed by atoms with Crippen molar-refractivity contribution in [1.82, 2.24) is 9.97 Å². The first-order valence-electron chi connectivity index (χ1n) is 3.75. The molecule has 0 aliphatic heterocycles. The third kappa shape index (κ3) is 2.00. The van der Waals surface area contributed by atoms with Gasteiger partial charge in [0.2, 0.25) is 5.75 Å². The number of carboxylic acid groups (broad SMARTS) is 1. The Balaban J connectivity index is 2.97. The Morgan fingerprint density at radius 1 is 1.79 bits per heavy atom. The Morgan fingerprint density at radius 3 is 2.93 bits per heavy atom. The van der Waals surface area contributed by atoms with E-state index in [-0.39, 0.29) is 11.6 Å². The molecule has 1 aromatic rings. The molecule has 0 bridgehead atoms. The fourth-order valence-corrected chi connectivity index (χ4v) is 0.742. The predicted molar refractivity (Wildman–Crippen MR) is 47.0 cm³/mol. The maximum absolute atomic E-state index is 11.1. The summed E-state index contributed by atoms with van der Waals surface area (Å²) in [6.45, 7) is 1.29. The second kappa shape index (κ2) is 3.77. The number of carbonyl (C=O) groups is 1. The minimum absolute atomic E-state index is 0.137. The summed E-state index contributed by atoms with van der Waals surface area (Å²) in [6, 6.07) is 0. The fraction of sp³-hybridized carbons (Fsp3) is 0.286. The summed E-state index contributed by atoms with van der Waals surface area (Å²) < 4.78 is 4.81. The van der Waals surface area contributed by atoms with Crippen LogP contribution >= 0.6 is 0 Å². The lowest BCUT2D eigenvalue weighted by atomic mass is 10.4. The molecule has 1 atom stereocenters. The molecule has 1 aromatic heterocycles. The van der Waals surface area contributed by atoms with Gasteiger partial charge >= 0.3 is 5.97 Å². The number of H-pyrrole nitrogens is 1. The lowest BCUT2D eigenvalue weighted by Gasteiger charge is -2.09. The van der Waals surface area contributed by atoms with Crippen LogP contribution in [0.25, 0.3) is 0 Å². The van der Waals surface area contributed by atoms with Crippen molar-refractivity contribution in [2.75, 3.05) is 5.73 Å². The van der Waals surface area contributed by atoms with E-state index in [9.17, 15) is 9.59 Å². The molecule has 4 N–H and O–H groups in total. The zero-order chi connectivity index (χ0) is 10.7. The van der Waals surface area contributed by atoms with Gasteiger partial charge in [-0.1, -0.05) is 0 Å². The Labute approximate surface area is 78.5 Å². The number of hydrogen-bond donors (Lipinski definition) is 3.